The predicted molar refractivity (Wildman–Crippen MR) is 113 cm³/mol. The maximum atomic E-state index is 12.5. The summed E-state index contributed by atoms with van der Waals surface area (Å²) in [5, 5.41) is 0.872. The van der Waals surface area contributed by atoms with E-state index < -0.39 is 16.0 Å². The normalized spacial score (nSPS) is 11.9. The summed E-state index contributed by atoms with van der Waals surface area (Å²) in [5.74, 6) is -0.565. The van der Waals surface area contributed by atoms with Gasteiger partial charge in [0.15, 0.2) is 0 Å². The van der Waals surface area contributed by atoms with Crippen LogP contribution in [0.4, 0.5) is 0 Å². The van der Waals surface area contributed by atoms with Crippen molar-refractivity contribution >= 4 is 26.9 Å². The highest BCUT2D eigenvalue weighted by atomic mass is 32.2. The molecule has 29 heavy (non-hydrogen) atoms. The lowest BCUT2D eigenvalue weighted by atomic mass is 10.1. The summed E-state index contributed by atoms with van der Waals surface area (Å²) in [6.07, 6.45) is 2.53. The number of hydrogen-bond donors (Lipinski definition) is 1. The molecular weight excluding hydrogens is 390 g/mol. The van der Waals surface area contributed by atoms with Crippen LogP contribution >= 0.6 is 0 Å². The summed E-state index contributed by atoms with van der Waals surface area (Å²) in [6.45, 7) is 0.810. The fourth-order valence-corrected chi connectivity index (χ4v) is 3.79. The van der Waals surface area contributed by atoms with Crippen molar-refractivity contribution < 1.29 is 18.0 Å². The number of nitrogens with zero attached hydrogens (tertiary/aromatic N) is 2. The largest absolute Gasteiger partial charge is 0.363 e. The monoisotopic (exact) mass is 415 g/mol. The van der Waals surface area contributed by atoms with Gasteiger partial charge in [-0.2, -0.15) is 4.73 Å². The van der Waals surface area contributed by atoms with Gasteiger partial charge >= 0.3 is 5.97 Å². The third-order valence-corrected chi connectivity index (χ3v) is 5.94. The molecule has 0 aliphatic heterocycles. The average Bonchev–Trinajstić information content (AvgIpc) is 3.03. The van der Waals surface area contributed by atoms with E-state index in [0.717, 1.165) is 23.9 Å². The van der Waals surface area contributed by atoms with Crippen molar-refractivity contribution in [2.75, 3.05) is 27.7 Å². The quantitative estimate of drug-likeness (QED) is 0.609. The molecule has 0 aliphatic rings. The first-order valence-electron chi connectivity index (χ1n) is 9.25. The molecule has 2 aromatic carbocycles. The summed E-state index contributed by atoms with van der Waals surface area (Å²) < 4.78 is 27.6. The number of likely N-dealkylation sites (N-methyl/N-ethyl adjacent to an activating group) is 1. The highest BCUT2D eigenvalue weighted by Crippen LogP contribution is 2.24. The van der Waals surface area contributed by atoms with E-state index in [1.165, 1.54) is 11.8 Å². The van der Waals surface area contributed by atoms with E-state index in [0.29, 0.717) is 16.6 Å². The lowest BCUT2D eigenvalue weighted by Gasteiger charge is -2.08. The molecule has 0 radical (unpaired) electrons. The standard InChI is InChI=1S/C21H25N3O4S/c1-22-29(26,27)15-16-9-10-20-19(13-16)18(11-12-23(2)3)14-24(20)28-21(25)17-7-5-4-6-8-17/h4-10,13-14,22H,11-12,15H2,1-3H3. The Morgan fingerprint density at radius 2 is 1.86 bits per heavy atom. The lowest BCUT2D eigenvalue weighted by Crippen LogP contribution is -2.20. The van der Waals surface area contributed by atoms with E-state index in [1.54, 1.807) is 42.6 Å². The Kier molecular flexibility index (Phi) is 6.36. The molecule has 0 unspecified atom stereocenters. The second kappa shape index (κ2) is 8.77. The number of nitrogens with one attached hydrogen (secondary N) is 1. The number of hydrogen-bond acceptors (Lipinski definition) is 5. The zero-order chi connectivity index (χ0) is 21.0. The first-order chi connectivity index (χ1) is 13.8. The average molecular weight is 416 g/mol. The summed E-state index contributed by atoms with van der Waals surface area (Å²) in [6, 6.07) is 14.2. The molecule has 0 spiro atoms. The van der Waals surface area contributed by atoms with E-state index in [4.69, 9.17) is 4.84 Å². The molecule has 7 nitrogen and oxygen atoms in total. The van der Waals surface area contributed by atoms with Crippen LogP contribution in [-0.4, -0.2) is 51.7 Å². The van der Waals surface area contributed by atoms with Crippen molar-refractivity contribution in [1.82, 2.24) is 14.4 Å². The minimum atomic E-state index is -3.38. The van der Waals surface area contributed by atoms with E-state index in [-0.39, 0.29) is 5.75 Å². The molecule has 0 fully saturated rings. The van der Waals surface area contributed by atoms with Gasteiger partial charge in [-0.05, 0) is 63.0 Å². The maximum Gasteiger partial charge on any atom is 0.363 e. The van der Waals surface area contributed by atoms with E-state index in [9.17, 15) is 13.2 Å². The molecule has 1 heterocycles. The number of sulfonamides is 1. The molecule has 0 saturated heterocycles. The Morgan fingerprint density at radius 1 is 1.14 bits per heavy atom. The van der Waals surface area contributed by atoms with Gasteiger partial charge in [-0.25, -0.2) is 17.9 Å². The summed E-state index contributed by atoms with van der Waals surface area (Å²) in [7, 11) is 1.99. The van der Waals surface area contributed by atoms with Gasteiger partial charge in [-0.3, -0.25) is 0 Å². The molecule has 3 rings (SSSR count). The molecule has 0 atom stereocenters. The van der Waals surface area contributed by atoms with Gasteiger partial charge in [0.05, 0.1) is 16.8 Å². The van der Waals surface area contributed by atoms with Gasteiger partial charge in [0.2, 0.25) is 10.0 Å². The van der Waals surface area contributed by atoms with Gasteiger partial charge in [0, 0.05) is 18.1 Å². The number of fused-ring (bicyclic) bond motifs is 1. The Balaban J connectivity index is 1.98. The van der Waals surface area contributed by atoms with Crippen LogP contribution in [0.1, 0.15) is 21.5 Å². The Hall–Kier alpha value is -2.68. The molecule has 154 valence electrons. The Morgan fingerprint density at radius 3 is 2.52 bits per heavy atom. The summed E-state index contributed by atoms with van der Waals surface area (Å²) in [5.41, 5.74) is 2.83. The Bertz CT molecular complexity index is 1110. The Labute approximate surface area is 170 Å². The molecular formula is C21H25N3O4S. The zero-order valence-electron chi connectivity index (χ0n) is 16.8. The van der Waals surface area contributed by atoms with Crippen molar-refractivity contribution in [2.24, 2.45) is 0 Å². The number of aromatic nitrogens is 1. The van der Waals surface area contributed by atoms with Crippen LogP contribution in [0.5, 0.6) is 0 Å². The van der Waals surface area contributed by atoms with Crippen molar-refractivity contribution in [3.05, 3.63) is 71.4 Å². The molecule has 0 amide bonds. The maximum absolute atomic E-state index is 12.5. The third kappa shape index (κ3) is 5.23. The van der Waals surface area contributed by atoms with E-state index >= 15 is 0 Å². The van der Waals surface area contributed by atoms with Gasteiger partial charge in [-0.1, -0.05) is 24.3 Å². The number of rotatable bonds is 8. The molecule has 0 saturated carbocycles. The van der Waals surface area contributed by atoms with Crippen molar-refractivity contribution in [2.45, 2.75) is 12.2 Å². The van der Waals surface area contributed by atoms with Crippen LogP contribution in [0.15, 0.2) is 54.7 Å². The predicted octanol–water partition coefficient (Wildman–Crippen LogP) is 2.06. The van der Waals surface area contributed by atoms with Gasteiger partial charge in [0.1, 0.15) is 0 Å². The first kappa shape index (κ1) is 21.0. The molecule has 0 bridgehead atoms. The first-order valence-corrected chi connectivity index (χ1v) is 10.9. The van der Waals surface area contributed by atoms with Gasteiger partial charge in [-0.15, -0.1) is 0 Å². The topological polar surface area (TPSA) is 80.6 Å². The smallest absolute Gasteiger partial charge is 0.331 e. The van der Waals surface area contributed by atoms with Gasteiger partial charge in [0.25, 0.3) is 0 Å². The fourth-order valence-electron chi connectivity index (χ4n) is 3.03. The van der Waals surface area contributed by atoms with Gasteiger partial charge < -0.3 is 9.74 Å². The highest BCUT2D eigenvalue weighted by Gasteiger charge is 2.16. The minimum Gasteiger partial charge on any atom is -0.331 e. The minimum absolute atomic E-state index is 0.110. The molecule has 0 aliphatic carbocycles. The SMILES string of the molecule is CNS(=O)(=O)Cc1ccc2c(c1)c(CCN(C)C)cn2OC(=O)c1ccccc1. The molecule has 8 heteroatoms. The van der Waals surface area contributed by atoms with Crippen LogP contribution in [0.25, 0.3) is 10.9 Å². The van der Waals surface area contributed by atoms with Crippen LogP contribution in [0, 0.1) is 0 Å². The molecule has 3 aromatic rings. The van der Waals surface area contributed by atoms with Crippen molar-refractivity contribution in [3.8, 4) is 0 Å². The number of benzene rings is 2. The lowest BCUT2D eigenvalue weighted by molar-refractivity contribution is 0.0482. The summed E-state index contributed by atoms with van der Waals surface area (Å²) in [4.78, 5) is 20.1. The van der Waals surface area contributed by atoms with Crippen molar-refractivity contribution in [3.63, 3.8) is 0 Å². The van der Waals surface area contributed by atoms with Crippen LogP contribution in [0.2, 0.25) is 0 Å². The summed E-state index contributed by atoms with van der Waals surface area (Å²) >= 11 is 0. The van der Waals surface area contributed by atoms with Crippen molar-refractivity contribution in [1.29, 1.82) is 0 Å². The van der Waals surface area contributed by atoms with E-state index in [2.05, 4.69) is 9.62 Å². The molecule has 1 aromatic heterocycles. The fraction of sp³-hybridized carbons (Fsp3) is 0.286. The second-order valence-electron chi connectivity index (χ2n) is 7.09. The van der Waals surface area contributed by atoms with Crippen LogP contribution in [0.3, 0.4) is 0 Å². The van der Waals surface area contributed by atoms with Crippen LogP contribution in [-0.2, 0) is 22.2 Å². The third-order valence-electron chi connectivity index (χ3n) is 4.60. The second-order valence-corrected chi connectivity index (χ2v) is 9.02. The number of carbonyl (C=O) groups is 1. The van der Waals surface area contributed by atoms with Crippen LogP contribution < -0.4 is 9.56 Å². The zero-order valence-corrected chi connectivity index (χ0v) is 17.6. The highest BCUT2D eigenvalue weighted by molar-refractivity contribution is 7.88. The van der Waals surface area contributed by atoms with E-state index in [1.807, 2.05) is 26.2 Å². The molecule has 1 N–H and O–H groups in total. The number of carbonyl (C=O) groups excluding carboxylic acids is 1.